The molecule has 0 saturated heterocycles. The van der Waals surface area contributed by atoms with Gasteiger partial charge in [0, 0.05) is 17.2 Å². The highest BCUT2D eigenvalue weighted by Gasteiger charge is 2.34. The molecule has 0 amide bonds. The Kier molecular flexibility index (Phi) is 4.73. The Balaban J connectivity index is 3.62. The largest absolute Gasteiger partial charge is 0.446 e. The van der Waals surface area contributed by atoms with Gasteiger partial charge in [-0.1, -0.05) is 0 Å². The van der Waals surface area contributed by atoms with Crippen LogP contribution in [0.5, 0.6) is 0 Å². The van der Waals surface area contributed by atoms with Crippen molar-refractivity contribution in [1.82, 2.24) is 0 Å². The number of alkyl halides is 3. The summed E-state index contributed by atoms with van der Waals surface area (Å²) in [7, 11) is 0.665. The van der Waals surface area contributed by atoms with E-state index in [1.165, 1.54) is 6.07 Å². The van der Waals surface area contributed by atoms with Crippen LogP contribution < -0.4 is 5.73 Å². The fourth-order valence-corrected chi connectivity index (χ4v) is 3.45. The zero-order chi connectivity index (χ0) is 14.8. The summed E-state index contributed by atoms with van der Waals surface area (Å²) in [5.74, 6) is 0. The average Bonchev–Trinajstić information content (AvgIpc) is 2.25. The Labute approximate surface area is 115 Å². The third-order valence-corrected chi connectivity index (χ3v) is 4.30. The van der Waals surface area contributed by atoms with Gasteiger partial charge in [-0.05, 0) is 29.5 Å². The first-order valence-corrected chi connectivity index (χ1v) is 7.68. The number of nitrogens with two attached hydrogens (primary N) is 1. The van der Waals surface area contributed by atoms with E-state index in [1.807, 2.05) is 0 Å². The highest BCUT2D eigenvalue weighted by molar-refractivity contribution is 8.14. The third-order valence-electron chi connectivity index (χ3n) is 1.95. The Bertz CT molecular complexity index is 638. The van der Waals surface area contributed by atoms with Gasteiger partial charge in [0.2, 0.25) is 0 Å². The zero-order valence-electron chi connectivity index (χ0n) is 9.03. The molecule has 0 aliphatic rings. The third kappa shape index (κ3) is 4.28. The average molecular weight is 331 g/mol. The molecule has 0 radical (unpaired) electrons. The summed E-state index contributed by atoms with van der Waals surface area (Å²) in [5.41, 5.74) is 0.299. The molecule has 0 fully saturated rings. The number of nitrogens with zero attached hydrogens (tertiary/aromatic N) is 1. The van der Waals surface area contributed by atoms with Crippen LogP contribution in [0.15, 0.2) is 21.9 Å². The molecule has 0 unspecified atom stereocenters. The fourth-order valence-electron chi connectivity index (χ4n) is 1.26. The van der Waals surface area contributed by atoms with Gasteiger partial charge in [-0.25, -0.2) is 8.42 Å². The summed E-state index contributed by atoms with van der Waals surface area (Å²) in [6, 6.07) is 3.53. The van der Waals surface area contributed by atoms with Gasteiger partial charge in [0.1, 0.15) is 6.07 Å². The van der Waals surface area contributed by atoms with Crippen molar-refractivity contribution < 1.29 is 21.6 Å². The maximum atomic E-state index is 12.4. The molecule has 0 spiro atoms. The first-order valence-electron chi connectivity index (χ1n) is 4.56. The topological polar surface area (TPSA) is 83.9 Å². The number of hydrogen-bond donors (Lipinski definition) is 1. The second-order valence-corrected chi connectivity index (χ2v) is 6.88. The maximum absolute atomic E-state index is 12.4. The fraction of sp³-hybridized carbons (Fsp3) is 0.222. The molecule has 0 aliphatic heterocycles. The zero-order valence-corrected chi connectivity index (χ0v) is 11.4. The molecule has 1 aromatic rings. The first-order chi connectivity index (χ1) is 8.58. The quantitative estimate of drug-likeness (QED) is 0.680. The summed E-state index contributed by atoms with van der Waals surface area (Å²) >= 11 is -0.702. The molecular weight excluding hydrogens is 325 g/mol. The van der Waals surface area contributed by atoms with E-state index in [0.717, 1.165) is 12.1 Å². The molecule has 0 aliphatic carbocycles. The van der Waals surface area contributed by atoms with Gasteiger partial charge in [0.05, 0.1) is 15.4 Å². The van der Waals surface area contributed by atoms with Crippen LogP contribution in [0.3, 0.4) is 0 Å². The molecule has 0 saturated carbocycles. The van der Waals surface area contributed by atoms with E-state index in [-0.39, 0.29) is 12.1 Å². The van der Waals surface area contributed by atoms with Crippen LogP contribution in [-0.4, -0.2) is 13.9 Å². The summed E-state index contributed by atoms with van der Waals surface area (Å²) < 4.78 is 59.8. The minimum Gasteiger partial charge on any atom is -0.326 e. The highest BCUT2D eigenvalue weighted by Crippen LogP contribution is 2.42. The normalized spacial score (nSPS) is 12.2. The molecule has 0 aromatic heterocycles. The number of halogens is 4. The molecule has 19 heavy (non-hydrogen) atoms. The molecule has 4 nitrogen and oxygen atoms in total. The van der Waals surface area contributed by atoms with Crippen LogP contribution in [0, 0.1) is 11.3 Å². The maximum Gasteiger partial charge on any atom is 0.446 e. The molecule has 104 valence electrons. The SMILES string of the molecule is N#Cc1cc(CN)cc(S(=O)(=O)Cl)c1SC(F)(F)F. The Morgan fingerprint density at radius 2 is 2.00 bits per heavy atom. The van der Waals surface area contributed by atoms with Crippen molar-refractivity contribution in [3.63, 3.8) is 0 Å². The van der Waals surface area contributed by atoms with Gasteiger partial charge < -0.3 is 5.73 Å². The van der Waals surface area contributed by atoms with Gasteiger partial charge in [-0.15, -0.1) is 0 Å². The highest BCUT2D eigenvalue weighted by atomic mass is 35.7. The van der Waals surface area contributed by atoms with Gasteiger partial charge in [0.25, 0.3) is 9.05 Å². The molecule has 10 heteroatoms. The summed E-state index contributed by atoms with van der Waals surface area (Å²) in [6.07, 6.45) is 0. The van der Waals surface area contributed by atoms with E-state index < -0.39 is 41.7 Å². The Morgan fingerprint density at radius 3 is 2.37 bits per heavy atom. The second kappa shape index (κ2) is 5.58. The minimum absolute atomic E-state index is 0.134. The van der Waals surface area contributed by atoms with Crippen molar-refractivity contribution in [1.29, 1.82) is 5.26 Å². The van der Waals surface area contributed by atoms with Crippen LogP contribution in [0.4, 0.5) is 13.2 Å². The number of benzene rings is 1. The van der Waals surface area contributed by atoms with E-state index in [0.29, 0.717) is 0 Å². The molecule has 0 heterocycles. The lowest BCUT2D eigenvalue weighted by Crippen LogP contribution is -2.07. The van der Waals surface area contributed by atoms with Crippen LogP contribution >= 0.6 is 22.4 Å². The van der Waals surface area contributed by atoms with E-state index in [9.17, 15) is 21.6 Å². The predicted octanol–water partition coefficient (Wildman–Crippen LogP) is 2.56. The van der Waals surface area contributed by atoms with Gasteiger partial charge in [0.15, 0.2) is 0 Å². The summed E-state index contributed by atoms with van der Waals surface area (Å²) in [4.78, 5) is -1.52. The summed E-state index contributed by atoms with van der Waals surface area (Å²) in [5, 5.41) is 8.82. The number of rotatable bonds is 3. The van der Waals surface area contributed by atoms with Crippen LogP contribution in [-0.2, 0) is 15.6 Å². The van der Waals surface area contributed by atoms with Crippen molar-refractivity contribution in [2.45, 2.75) is 21.8 Å². The Hall–Kier alpha value is -0.950. The molecular formula is C9H6ClF3N2O2S2. The number of hydrogen-bond acceptors (Lipinski definition) is 5. The van der Waals surface area contributed by atoms with E-state index >= 15 is 0 Å². The van der Waals surface area contributed by atoms with E-state index in [4.69, 9.17) is 21.7 Å². The molecule has 0 atom stereocenters. The van der Waals surface area contributed by atoms with E-state index in [2.05, 4.69) is 0 Å². The predicted molar refractivity (Wildman–Crippen MR) is 64.0 cm³/mol. The number of thioether (sulfide) groups is 1. The Morgan fingerprint density at radius 1 is 1.42 bits per heavy atom. The van der Waals surface area contributed by atoms with Crippen LogP contribution in [0.25, 0.3) is 0 Å². The minimum atomic E-state index is -4.74. The molecule has 2 N–H and O–H groups in total. The monoisotopic (exact) mass is 330 g/mol. The van der Waals surface area contributed by atoms with E-state index in [1.54, 1.807) is 0 Å². The van der Waals surface area contributed by atoms with Gasteiger partial charge in [-0.2, -0.15) is 18.4 Å². The van der Waals surface area contributed by atoms with Gasteiger partial charge >= 0.3 is 5.51 Å². The standard InChI is InChI=1S/C9H6ClF3N2O2S2/c10-19(16,17)7-2-5(3-14)1-6(4-15)8(7)18-9(11,12)13/h1-2H,3,14H2. The number of nitriles is 1. The van der Waals surface area contributed by atoms with Crippen molar-refractivity contribution in [3.05, 3.63) is 23.3 Å². The second-order valence-electron chi connectivity index (χ2n) is 3.27. The van der Waals surface area contributed by atoms with Crippen molar-refractivity contribution >= 4 is 31.5 Å². The summed E-state index contributed by atoms with van der Waals surface area (Å²) in [6.45, 7) is -0.134. The molecule has 0 bridgehead atoms. The van der Waals surface area contributed by atoms with Crippen LogP contribution in [0.1, 0.15) is 11.1 Å². The van der Waals surface area contributed by atoms with Crippen molar-refractivity contribution in [3.8, 4) is 6.07 Å². The van der Waals surface area contributed by atoms with Gasteiger partial charge in [-0.3, -0.25) is 0 Å². The van der Waals surface area contributed by atoms with Crippen LogP contribution in [0.2, 0.25) is 0 Å². The molecule has 1 aromatic carbocycles. The molecule has 1 rings (SSSR count). The van der Waals surface area contributed by atoms with Crippen molar-refractivity contribution in [2.24, 2.45) is 5.73 Å². The lowest BCUT2D eigenvalue weighted by Gasteiger charge is -2.12. The smallest absolute Gasteiger partial charge is 0.326 e. The lowest BCUT2D eigenvalue weighted by molar-refractivity contribution is -0.0329. The van der Waals surface area contributed by atoms with Crippen molar-refractivity contribution in [2.75, 3.05) is 0 Å². The lowest BCUT2D eigenvalue weighted by atomic mass is 10.1. The first kappa shape index (κ1) is 16.1.